The number of carbonyl (C=O) groups excluding carboxylic acids is 3. The van der Waals surface area contributed by atoms with E-state index in [2.05, 4.69) is 16.0 Å². The molecule has 2 aromatic rings. The summed E-state index contributed by atoms with van der Waals surface area (Å²) in [6.45, 7) is 1.32. The van der Waals surface area contributed by atoms with Crippen molar-refractivity contribution in [3.63, 3.8) is 0 Å². The Morgan fingerprint density at radius 3 is 2.39 bits per heavy atom. The molecule has 0 saturated carbocycles. The van der Waals surface area contributed by atoms with Gasteiger partial charge in [-0.1, -0.05) is 6.07 Å². The molecule has 0 atom stereocenters. The molecule has 0 unspecified atom stereocenters. The lowest BCUT2D eigenvalue weighted by Gasteiger charge is -2.26. The fourth-order valence-electron chi connectivity index (χ4n) is 3.41. The van der Waals surface area contributed by atoms with E-state index in [0.717, 1.165) is 4.31 Å². The van der Waals surface area contributed by atoms with Crippen molar-refractivity contribution in [3.05, 3.63) is 54.1 Å². The summed E-state index contributed by atoms with van der Waals surface area (Å²) >= 11 is 0. The third-order valence-electron chi connectivity index (χ3n) is 5.03. The smallest absolute Gasteiger partial charge is 0.321 e. The minimum Gasteiger partial charge on any atom is -0.354 e. The van der Waals surface area contributed by atoms with Crippen molar-refractivity contribution in [2.75, 3.05) is 42.9 Å². The minimum atomic E-state index is -3.90. The van der Waals surface area contributed by atoms with Crippen molar-refractivity contribution in [1.82, 2.24) is 14.9 Å². The van der Waals surface area contributed by atoms with Crippen LogP contribution in [0, 0.1) is 0 Å². The van der Waals surface area contributed by atoms with Crippen LogP contribution in [0.1, 0.15) is 10.4 Å². The highest BCUT2D eigenvalue weighted by Gasteiger charge is 2.29. The lowest BCUT2D eigenvalue weighted by Crippen LogP contribution is -2.49. The maximum Gasteiger partial charge on any atom is 0.321 e. The van der Waals surface area contributed by atoms with Crippen LogP contribution in [0.5, 0.6) is 0 Å². The first-order valence-corrected chi connectivity index (χ1v) is 11.1. The number of nitrogens with one attached hydrogen (secondary N) is 3. The second-order valence-electron chi connectivity index (χ2n) is 7.10. The Balaban J connectivity index is 1.48. The first-order valence-electron chi connectivity index (χ1n) is 9.68. The highest BCUT2D eigenvalue weighted by Crippen LogP contribution is 2.21. The van der Waals surface area contributed by atoms with Crippen LogP contribution in [0.15, 0.2) is 53.4 Å². The number of piperazine rings is 1. The second kappa shape index (κ2) is 8.36. The standard InChI is InChI=1S/C20H21N5O5S/c26-18-13-24(10-8-21-18)31(29,30)17-3-1-2-14(12-17)19(27)23-15-4-6-16(7-5-15)25-11-9-22-20(25)28/h1-7,12H,8-11,13H2,(H,21,26)(H,22,28)(H,23,27). The Hall–Kier alpha value is -3.44. The molecule has 2 aliphatic rings. The molecule has 2 fully saturated rings. The average Bonchev–Trinajstić information content (AvgIpc) is 3.20. The molecule has 0 aliphatic carbocycles. The Kier molecular flexibility index (Phi) is 5.61. The predicted octanol–water partition coefficient (Wildman–Crippen LogP) is 0.589. The van der Waals surface area contributed by atoms with Crippen LogP contribution in [0.25, 0.3) is 0 Å². The summed E-state index contributed by atoms with van der Waals surface area (Å²) in [5.74, 6) is -0.835. The largest absolute Gasteiger partial charge is 0.354 e. The molecule has 2 saturated heterocycles. The maximum atomic E-state index is 12.8. The fraction of sp³-hybridized carbons (Fsp3) is 0.250. The van der Waals surface area contributed by atoms with E-state index in [1.165, 1.54) is 24.3 Å². The molecular weight excluding hydrogens is 422 g/mol. The van der Waals surface area contributed by atoms with Crippen molar-refractivity contribution in [1.29, 1.82) is 0 Å². The molecule has 10 nitrogen and oxygen atoms in total. The van der Waals surface area contributed by atoms with E-state index in [-0.39, 0.29) is 42.0 Å². The number of hydrogen-bond donors (Lipinski definition) is 3. The highest BCUT2D eigenvalue weighted by atomic mass is 32.2. The van der Waals surface area contributed by atoms with E-state index in [4.69, 9.17) is 0 Å². The zero-order valence-corrected chi connectivity index (χ0v) is 17.3. The lowest BCUT2D eigenvalue weighted by molar-refractivity contribution is -0.122. The molecule has 11 heteroatoms. The Labute approximate surface area is 179 Å². The average molecular weight is 443 g/mol. The molecular formula is C20H21N5O5S. The summed E-state index contributed by atoms with van der Waals surface area (Å²) in [7, 11) is -3.90. The van der Waals surface area contributed by atoms with E-state index < -0.39 is 15.9 Å². The number of carbonyl (C=O) groups is 3. The first kappa shape index (κ1) is 20.8. The number of anilines is 2. The third-order valence-corrected chi connectivity index (χ3v) is 6.87. The Morgan fingerprint density at radius 2 is 1.71 bits per heavy atom. The topological polar surface area (TPSA) is 128 Å². The summed E-state index contributed by atoms with van der Waals surface area (Å²) in [4.78, 5) is 37.5. The number of nitrogens with zero attached hydrogens (tertiary/aromatic N) is 2. The van der Waals surface area contributed by atoms with Crippen LogP contribution in [-0.2, 0) is 14.8 Å². The summed E-state index contributed by atoms with van der Waals surface area (Å²) in [6, 6.07) is 12.3. The molecule has 0 radical (unpaired) electrons. The van der Waals surface area contributed by atoms with Gasteiger partial charge in [-0.05, 0) is 42.5 Å². The van der Waals surface area contributed by atoms with E-state index in [1.807, 2.05) is 0 Å². The van der Waals surface area contributed by atoms with Crippen LogP contribution >= 0.6 is 0 Å². The van der Waals surface area contributed by atoms with Gasteiger partial charge in [0.05, 0.1) is 11.4 Å². The SMILES string of the molecule is O=C1CN(S(=O)(=O)c2cccc(C(=O)Nc3ccc(N4CCNC4=O)cc3)c2)CCN1. The lowest BCUT2D eigenvalue weighted by atomic mass is 10.2. The highest BCUT2D eigenvalue weighted by molar-refractivity contribution is 7.89. The normalized spacial score (nSPS) is 17.2. The van der Waals surface area contributed by atoms with E-state index in [1.54, 1.807) is 29.2 Å². The molecule has 4 rings (SSSR count). The van der Waals surface area contributed by atoms with Gasteiger partial charge in [-0.2, -0.15) is 4.31 Å². The fourth-order valence-corrected chi connectivity index (χ4v) is 4.86. The van der Waals surface area contributed by atoms with Gasteiger partial charge in [0.25, 0.3) is 5.91 Å². The van der Waals surface area contributed by atoms with Gasteiger partial charge in [-0.15, -0.1) is 0 Å². The van der Waals surface area contributed by atoms with Crippen LogP contribution in [-0.4, -0.2) is 63.3 Å². The van der Waals surface area contributed by atoms with Crippen LogP contribution in [0.4, 0.5) is 16.2 Å². The van der Waals surface area contributed by atoms with Gasteiger partial charge in [0.2, 0.25) is 15.9 Å². The van der Waals surface area contributed by atoms with E-state index in [9.17, 15) is 22.8 Å². The van der Waals surface area contributed by atoms with Gasteiger partial charge in [0, 0.05) is 43.1 Å². The van der Waals surface area contributed by atoms with Gasteiger partial charge >= 0.3 is 6.03 Å². The molecule has 2 aliphatic heterocycles. The van der Waals surface area contributed by atoms with Gasteiger partial charge < -0.3 is 16.0 Å². The van der Waals surface area contributed by atoms with Crippen molar-refractivity contribution in [3.8, 4) is 0 Å². The molecule has 0 bridgehead atoms. The van der Waals surface area contributed by atoms with Crippen LogP contribution in [0.2, 0.25) is 0 Å². The second-order valence-corrected chi connectivity index (χ2v) is 9.04. The van der Waals surface area contributed by atoms with Crippen molar-refractivity contribution in [2.45, 2.75) is 4.90 Å². The molecule has 162 valence electrons. The molecule has 0 spiro atoms. The summed E-state index contributed by atoms with van der Waals surface area (Å²) in [5.41, 5.74) is 1.39. The Bertz CT molecular complexity index is 1130. The number of amides is 4. The first-order chi connectivity index (χ1) is 14.8. The Morgan fingerprint density at radius 1 is 0.968 bits per heavy atom. The van der Waals surface area contributed by atoms with Crippen LogP contribution in [0.3, 0.4) is 0 Å². The van der Waals surface area contributed by atoms with Gasteiger partial charge in [-0.25, -0.2) is 13.2 Å². The maximum absolute atomic E-state index is 12.8. The van der Waals surface area contributed by atoms with Gasteiger partial charge in [-0.3, -0.25) is 14.5 Å². The predicted molar refractivity (Wildman–Crippen MR) is 113 cm³/mol. The summed E-state index contributed by atoms with van der Waals surface area (Å²) in [5, 5.41) is 8.03. The van der Waals surface area contributed by atoms with Crippen molar-refractivity contribution < 1.29 is 22.8 Å². The third kappa shape index (κ3) is 4.37. The van der Waals surface area contributed by atoms with Gasteiger partial charge in [0.1, 0.15) is 0 Å². The molecule has 2 aromatic carbocycles. The van der Waals surface area contributed by atoms with E-state index in [0.29, 0.717) is 24.5 Å². The van der Waals surface area contributed by atoms with Gasteiger partial charge in [0.15, 0.2) is 0 Å². The number of rotatable bonds is 5. The molecule has 2 heterocycles. The van der Waals surface area contributed by atoms with Crippen molar-refractivity contribution in [2.24, 2.45) is 0 Å². The molecule has 3 N–H and O–H groups in total. The zero-order valence-electron chi connectivity index (χ0n) is 16.5. The molecule has 31 heavy (non-hydrogen) atoms. The number of hydrogen-bond acceptors (Lipinski definition) is 5. The minimum absolute atomic E-state index is 0.0507. The van der Waals surface area contributed by atoms with E-state index >= 15 is 0 Å². The number of urea groups is 1. The molecule has 0 aromatic heterocycles. The monoisotopic (exact) mass is 443 g/mol. The number of benzene rings is 2. The quantitative estimate of drug-likeness (QED) is 0.623. The number of sulfonamides is 1. The summed E-state index contributed by atoms with van der Waals surface area (Å²) in [6.07, 6.45) is 0. The zero-order chi connectivity index (χ0) is 22.0. The van der Waals surface area contributed by atoms with Crippen LogP contribution < -0.4 is 20.9 Å². The molecule has 4 amide bonds. The summed E-state index contributed by atoms with van der Waals surface area (Å²) < 4.78 is 26.8. The van der Waals surface area contributed by atoms with Crippen molar-refractivity contribution >= 4 is 39.2 Å².